The molecular weight excluding hydrogens is 325 g/mol. The van der Waals surface area contributed by atoms with Crippen molar-refractivity contribution >= 4 is 27.5 Å². The van der Waals surface area contributed by atoms with Crippen LogP contribution in [-0.2, 0) is 0 Å². The van der Waals surface area contributed by atoms with E-state index in [4.69, 9.17) is 4.74 Å². The van der Waals surface area contributed by atoms with Crippen molar-refractivity contribution in [3.05, 3.63) is 57.8 Å². The van der Waals surface area contributed by atoms with Crippen molar-refractivity contribution in [3.63, 3.8) is 0 Å². The molecule has 0 fully saturated rings. The number of halogens is 2. The molecule has 1 amide bonds. The van der Waals surface area contributed by atoms with Gasteiger partial charge in [-0.1, -0.05) is 22.0 Å². The number of anilines is 1. The average Bonchev–Trinajstić information content (AvgIpc) is 2.42. The van der Waals surface area contributed by atoms with Crippen LogP contribution in [0.15, 0.2) is 40.9 Å². The summed E-state index contributed by atoms with van der Waals surface area (Å²) in [5.41, 5.74) is 1.92. The zero-order chi connectivity index (χ0) is 14.7. The Labute approximate surface area is 124 Å². The van der Waals surface area contributed by atoms with E-state index in [2.05, 4.69) is 21.2 Å². The lowest BCUT2D eigenvalue weighted by Crippen LogP contribution is -2.12. The Morgan fingerprint density at radius 3 is 2.60 bits per heavy atom. The van der Waals surface area contributed by atoms with Gasteiger partial charge in [0.2, 0.25) is 0 Å². The first kappa shape index (κ1) is 14.5. The Bertz CT molecular complexity index is 658. The maximum atomic E-state index is 13.5. The molecule has 0 spiro atoms. The van der Waals surface area contributed by atoms with E-state index >= 15 is 0 Å². The fourth-order valence-corrected chi connectivity index (χ4v) is 2.06. The molecule has 0 aromatic heterocycles. The second-order valence-corrected chi connectivity index (χ2v) is 5.12. The molecule has 0 bridgehead atoms. The Morgan fingerprint density at radius 1 is 1.25 bits per heavy atom. The minimum absolute atomic E-state index is 0.140. The third-order valence-corrected chi connectivity index (χ3v) is 3.70. The molecule has 0 unspecified atom stereocenters. The predicted octanol–water partition coefficient (Wildman–Crippen LogP) is 4.16. The van der Waals surface area contributed by atoms with Crippen molar-refractivity contribution in [2.24, 2.45) is 0 Å². The van der Waals surface area contributed by atoms with Gasteiger partial charge >= 0.3 is 0 Å². The SMILES string of the molecule is COc1ccc(NC(=O)c2ccc(C)c(Br)c2)cc1F. The van der Waals surface area contributed by atoms with Crippen LogP contribution >= 0.6 is 15.9 Å². The van der Waals surface area contributed by atoms with Crippen molar-refractivity contribution in [3.8, 4) is 5.75 Å². The average molecular weight is 338 g/mol. The van der Waals surface area contributed by atoms with E-state index in [0.29, 0.717) is 11.3 Å². The highest BCUT2D eigenvalue weighted by molar-refractivity contribution is 9.10. The van der Waals surface area contributed by atoms with Crippen molar-refractivity contribution < 1.29 is 13.9 Å². The molecule has 3 nitrogen and oxygen atoms in total. The molecule has 5 heteroatoms. The number of methoxy groups -OCH3 is 1. The summed E-state index contributed by atoms with van der Waals surface area (Å²) in [4.78, 5) is 12.1. The largest absolute Gasteiger partial charge is 0.494 e. The van der Waals surface area contributed by atoms with Gasteiger partial charge in [0.15, 0.2) is 11.6 Å². The van der Waals surface area contributed by atoms with Gasteiger partial charge in [-0.2, -0.15) is 0 Å². The lowest BCUT2D eigenvalue weighted by atomic mass is 10.1. The zero-order valence-electron chi connectivity index (χ0n) is 11.0. The molecule has 0 saturated heterocycles. The molecule has 0 atom stereocenters. The molecular formula is C15H13BrFNO2. The van der Waals surface area contributed by atoms with Gasteiger partial charge in [-0.3, -0.25) is 4.79 Å². The smallest absolute Gasteiger partial charge is 0.255 e. The van der Waals surface area contributed by atoms with Gasteiger partial charge in [-0.15, -0.1) is 0 Å². The molecule has 0 aliphatic rings. The molecule has 0 aliphatic carbocycles. The standard InChI is InChI=1S/C15H13BrFNO2/c1-9-3-4-10(7-12(9)16)15(19)18-11-5-6-14(20-2)13(17)8-11/h3-8H,1-2H3,(H,18,19). The predicted molar refractivity (Wildman–Crippen MR) is 79.8 cm³/mol. The number of carbonyl (C=O) groups excluding carboxylic acids is 1. The topological polar surface area (TPSA) is 38.3 Å². The van der Waals surface area contributed by atoms with Crippen LogP contribution in [0.3, 0.4) is 0 Å². The summed E-state index contributed by atoms with van der Waals surface area (Å²) < 4.78 is 19.2. The molecule has 2 rings (SSSR count). The Morgan fingerprint density at radius 2 is 2.00 bits per heavy atom. The number of carbonyl (C=O) groups is 1. The summed E-state index contributed by atoms with van der Waals surface area (Å²) in [5, 5.41) is 2.64. The second-order valence-electron chi connectivity index (χ2n) is 4.27. The number of aryl methyl sites for hydroxylation is 1. The van der Waals surface area contributed by atoms with Crippen LogP contribution in [0.2, 0.25) is 0 Å². The van der Waals surface area contributed by atoms with E-state index in [9.17, 15) is 9.18 Å². The zero-order valence-corrected chi connectivity index (χ0v) is 12.6. The van der Waals surface area contributed by atoms with Crippen molar-refractivity contribution in [1.29, 1.82) is 0 Å². The van der Waals surface area contributed by atoms with Gasteiger partial charge in [0.25, 0.3) is 5.91 Å². The molecule has 0 heterocycles. The van der Waals surface area contributed by atoms with Gasteiger partial charge in [-0.25, -0.2) is 4.39 Å². The summed E-state index contributed by atoms with van der Waals surface area (Å²) in [6.45, 7) is 1.94. The molecule has 1 N–H and O–H groups in total. The third kappa shape index (κ3) is 3.17. The van der Waals surface area contributed by atoms with E-state index in [0.717, 1.165) is 10.0 Å². The van der Waals surface area contributed by atoms with E-state index in [-0.39, 0.29) is 11.7 Å². The number of hydrogen-bond donors (Lipinski definition) is 1. The van der Waals surface area contributed by atoms with Crippen LogP contribution in [0, 0.1) is 12.7 Å². The van der Waals surface area contributed by atoms with Gasteiger partial charge in [-0.05, 0) is 36.8 Å². The highest BCUT2D eigenvalue weighted by Crippen LogP contribution is 2.22. The molecule has 20 heavy (non-hydrogen) atoms. The fraction of sp³-hybridized carbons (Fsp3) is 0.133. The molecule has 104 valence electrons. The first-order valence-corrected chi connectivity index (χ1v) is 6.71. The van der Waals surface area contributed by atoms with Crippen LogP contribution in [0.5, 0.6) is 5.75 Å². The number of amides is 1. The van der Waals surface area contributed by atoms with Gasteiger partial charge in [0.05, 0.1) is 7.11 Å². The summed E-state index contributed by atoms with van der Waals surface area (Å²) in [6.07, 6.45) is 0. The minimum Gasteiger partial charge on any atom is -0.494 e. The first-order valence-electron chi connectivity index (χ1n) is 5.92. The normalized spacial score (nSPS) is 10.2. The molecule has 0 radical (unpaired) electrons. The van der Waals surface area contributed by atoms with E-state index in [1.54, 1.807) is 18.2 Å². The lowest BCUT2D eigenvalue weighted by Gasteiger charge is -2.08. The van der Waals surface area contributed by atoms with Crippen LogP contribution in [-0.4, -0.2) is 13.0 Å². The van der Waals surface area contributed by atoms with Crippen LogP contribution in [0.4, 0.5) is 10.1 Å². The van der Waals surface area contributed by atoms with Crippen LogP contribution < -0.4 is 10.1 Å². The second kappa shape index (κ2) is 6.05. The summed E-state index contributed by atoms with van der Waals surface area (Å²) in [7, 11) is 1.39. The quantitative estimate of drug-likeness (QED) is 0.913. The maximum absolute atomic E-state index is 13.5. The molecule has 0 saturated carbocycles. The summed E-state index contributed by atoms with van der Waals surface area (Å²) in [5.74, 6) is -0.674. The summed E-state index contributed by atoms with van der Waals surface area (Å²) in [6, 6.07) is 9.56. The van der Waals surface area contributed by atoms with E-state index < -0.39 is 5.82 Å². The minimum atomic E-state index is -0.518. The number of hydrogen-bond acceptors (Lipinski definition) is 2. The van der Waals surface area contributed by atoms with Crippen LogP contribution in [0.25, 0.3) is 0 Å². The third-order valence-electron chi connectivity index (χ3n) is 2.84. The number of rotatable bonds is 3. The molecule has 2 aromatic rings. The monoisotopic (exact) mass is 337 g/mol. The van der Waals surface area contributed by atoms with Crippen molar-refractivity contribution in [2.45, 2.75) is 6.92 Å². The van der Waals surface area contributed by atoms with E-state index in [1.165, 1.54) is 19.2 Å². The number of ether oxygens (including phenoxy) is 1. The van der Waals surface area contributed by atoms with Crippen molar-refractivity contribution in [2.75, 3.05) is 12.4 Å². The Kier molecular flexibility index (Phi) is 4.39. The summed E-state index contributed by atoms with van der Waals surface area (Å²) >= 11 is 3.37. The highest BCUT2D eigenvalue weighted by atomic mass is 79.9. The van der Waals surface area contributed by atoms with E-state index in [1.807, 2.05) is 13.0 Å². The Hall–Kier alpha value is -1.88. The lowest BCUT2D eigenvalue weighted by molar-refractivity contribution is 0.102. The number of benzene rings is 2. The molecule has 0 aliphatic heterocycles. The molecule has 2 aromatic carbocycles. The van der Waals surface area contributed by atoms with Gasteiger partial charge < -0.3 is 10.1 Å². The van der Waals surface area contributed by atoms with Gasteiger partial charge in [0, 0.05) is 21.8 Å². The highest BCUT2D eigenvalue weighted by Gasteiger charge is 2.09. The number of nitrogens with one attached hydrogen (secondary N) is 1. The maximum Gasteiger partial charge on any atom is 0.255 e. The van der Waals surface area contributed by atoms with Crippen molar-refractivity contribution in [1.82, 2.24) is 0 Å². The fourth-order valence-electron chi connectivity index (χ4n) is 1.68. The Balaban J connectivity index is 2.19. The first-order chi connectivity index (χ1) is 9.51. The van der Waals surface area contributed by atoms with Gasteiger partial charge in [0.1, 0.15) is 0 Å². The van der Waals surface area contributed by atoms with Crippen LogP contribution in [0.1, 0.15) is 15.9 Å².